The number of hydrogen-bond donors (Lipinski definition) is 0. The van der Waals surface area contributed by atoms with Gasteiger partial charge in [-0.05, 0) is 29.4 Å². The molecule has 0 radical (unpaired) electrons. The van der Waals surface area contributed by atoms with E-state index in [0.717, 1.165) is 0 Å². The monoisotopic (exact) mass is 264 g/mol. The Balaban J connectivity index is 3.80. The molecule has 0 saturated carbocycles. The summed E-state index contributed by atoms with van der Waals surface area (Å²) in [4.78, 5) is 0. The van der Waals surface area contributed by atoms with Crippen LogP contribution in [0.3, 0.4) is 0 Å². The molecular weight excluding hydrogens is 242 g/mol. The fourth-order valence-electron chi connectivity index (χ4n) is 2.07. The van der Waals surface area contributed by atoms with Gasteiger partial charge in [-0.15, -0.1) is 5.92 Å². The first-order valence-electron chi connectivity index (χ1n) is 6.46. The molecule has 19 heavy (non-hydrogen) atoms. The number of hydrogen-bond acceptors (Lipinski definition) is 0. The molecule has 0 heterocycles. The standard InChI is InChI=1S/C17H22F2/c1-8-9-11-10-12(16(2,3)4)15(19)13(14(11)18)17(5,6)7/h10H,1-7H3. The Hall–Kier alpha value is -1.36. The molecule has 0 aliphatic carbocycles. The van der Waals surface area contributed by atoms with Gasteiger partial charge in [0.15, 0.2) is 0 Å². The molecule has 0 aliphatic heterocycles. The second-order valence-electron chi connectivity index (χ2n) is 6.85. The molecule has 1 aromatic rings. The third-order valence-corrected chi connectivity index (χ3v) is 3.02. The van der Waals surface area contributed by atoms with Crippen LogP contribution in [0.15, 0.2) is 6.07 Å². The molecule has 0 aromatic heterocycles. The first kappa shape index (κ1) is 15.7. The second-order valence-corrected chi connectivity index (χ2v) is 6.85. The van der Waals surface area contributed by atoms with Gasteiger partial charge in [-0.3, -0.25) is 0 Å². The van der Waals surface area contributed by atoms with E-state index in [2.05, 4.69) is 11.8 Å². The van der Waals surface area contributed by atoms with E-state index >= 15 is 0 Å². The quantitative estimate of drug-likeness (QED) is 0.583. The van der Waals surface area contributed by atoms with Crippen LogP contribution >= 0.6 is 0 Å². The van der Waals surface area contributed by atoms with Crippen LogP contribution in [0.2, 0.25) is 0 Å². The van der Waals surface area contributed by atoms with Gasteiger partial charge in [-0.2, -0.15) is 0 Å². The summed E-state index contributed by atoms with van der Waals surface area (Å²) in [6.45, 7) is 12.8. The maximum absolute atomic E-state index is 14.7. The Morgan fingerprint density at radius 2 is 1.42 bits per heavy atom. The normalized spacial score (nSPS) is 12.1. The molecule has 0 fully saturated rings. The third kappa shape index (κ3) is 3.15. The van der Waals surface area contributed by atoms with Crippen molar-refractivity contribution < 1.29 is 8.78 Å². The van der Waals surface area contributed by atoms with Gasteiger partial charge in [0.05, 0.1) is 5.56 Å². The lowest BCUT2D eigenvalue weighted by molar-refractivity contribution is 0.449. The van der Waals surface area contributed by atoms with E-state index in [9.17, 15) is 8.78 Å². The zero-order valence-corrected chi connectivity index (χ0v) is 12.8. The largest absolute Gasteiger partial charge is 0.206 e. The van der Waals surface area contributed by atoms with Crippen molar-refractivity contribution in [1.29, 1.82) is 0 Å². The zero-order valence-electron chi connectivity index (χ0n) is 12.8. The van der Waals surface area contributed by atoms with Crippen LogP contribution in [0, 0.1) is 23.5 Å². The van der Waals surface area contributed by atoms with Crippen LogP contribution in [0.25, 0.3) is 0 Å². The molecule has 0 atom stereocenters. The van der Waals surface area contributed by atoms with Crippen molar-refractivity contribution in [3.05, 3.63) is 34.4 Å². The minimum absolute atomic E-state index is 0.123. The smallest absolute Gasteiger partial charge is 0.145 e. The lowest BCUT2D eigenvalue weighted by atomic mass is 9.78. The molecule has 0 nitrogen and oxygen atoms in total. The highest BCUT2D eigenvalue weighted by molar-refractivity contribution is 5.47. The highest BCUT2D eigenvalue weighted by atomic mass is 19.1. The molecular formula is C17H22F2. The van der Waals surface area contributed by atoms with E-state index in [-0.39, 0.29) is 16.5 Å². The molecule has 0 aliphatic rings. The number of rotatable bonds is 0. The lowest BCUT2D eigenvalue weighted by Crippen LogP contribution is -2.23. The van der Waals surface area contributed by atoms with Crippen molar-refractivity contribution in [3.8, 4) is 11.8 Å². The molecule has 1 rings (SSSR count). The van der Waals surface area contributed by atoms with Gasteiger partial charge in [0, 0.05) is 5.56 Å². The number of halogens is 2. The summed E-state index contributed by atoms with van der Waals surface area (Å²) >= 11 is 0. The Labute approximate surface area is 115 Å². The van der Waals surface area contributed by atoms with Crippen molar-refractivity contribution in [2.45, 2.75) is 59.3 Å². The molecule has 2 heteroatoms. The maximum atomic E-state index is 14.7. The van der Waals surface area contributed by atoms with Crippen LogP contribution in [0.5, 0.6) is 0 Å². The molecule has 0 saturated heterocycles. The molecule has 0 N–H and O–H groups in total. The van der Waals surface area contributed by atoms with Gasteiger partial charge in [0.2, 0.25) is 0 Å². The Morgan fingerprint density at radius 3 is 1.79 bits per heavy atom. The van der Waals surface area contributed by atoms with Crippen LogP contribution in [-0.4, -0.2) is 0 Å². The molecule has 104 valence electrons. The molecule has 0 spiro atoms. The van der Waals surface area contributed by atoms with Gasteiger partial charge < -0.3 is 0 Å². The van der Waals surface area contributed by atoms with Crippen molar-refractivity contribution in [2.75, 3.05) is 0 Å². The van der Waals surface area contributed by atoms with E-state index in [1.165, 1.54) is 6.07 Å². The predicted molar refractivity (Wildman–Crippen MR) is 76.3 cm³/mol. The summed E-state index contributed by atoms with van der Waals surface area (Å²) in [5, 5.41) is 0. The summed E-state index contributed by atoms with van der Waals surface area (Å²) < 4.78 is 29.1. The highest BCUT2D eigenvalue weighted by Crippen LogP contribution is 2.36. The summed E-state index contributed by atoms with van der Waals surface area (Å²) in [6.07, 6.45) is 0. The van der Waals surface area contributed by atoms with Crippen molar-refractivity contribution in [2.24, 2.45) is 0 Å². The fourth-order valence-corrected chi connectivity index (χ4v) is 2.07. The van der Waals surface area contributed by atoms with E-state index < -0.39 is 17.0 Å². The summed E-state index contributed by atoms with van der Waals surface area (Å²) in [7, 11) is 0. The first-order valence-corrected chi connectivity index (χ1v) is 6.46. The minimum atomic E-state index is -0.598. The van der Waals surface area contributed by atoms with Gasteiger partial charge in [-0.1, -0.05) is 47.5 Å². The number of benzene rings is 1. The summed E-state index contributed by atoms with van der Waals surface area (Å²) in [6, 6.07) is 1.54. The first-order chi connectivity index (χ1) is 8.50. The molecule has 0 bridgehead atoms. The van der Waals surface area contributed by atoms with Gasteiger partial charge in [0.1, 0.15) is 11.6 Å². The van der Waals surface area contributed by atoms with E-state index in [4.69, 9.17) is 0 Å². The van der Waals surface area contributed by atoms with Gasteiger partial charge >= 0.3 is 0 Å². The van der Waals surface area contributed by atoms with Crippen molar-refractivity contribution in [3.63, 3.8) is 0 Å². The van der Waals surface area contributed by atoms with Crippen LogP contribution in [0.4, 0.5) is 8.78 Å². The average Bonchev–Trinajstić information content (AvgIpc) is 2.18. The van der Waals surface area contributed by atoms with Crippen molar-refractivity contribution >= 4 is 0 Å². The maximum Gasteiger partial charge on any atom is 0.145 e. The SMILES string of the molecule is CC#Cc1cc(C(C)(C)C)c(F)c(C(C)(C)C)c1F. The van der Waals surface area contributed by atoms with Gasteiger partial charge in [-0.25, -0.2) is 8.78 Å². The Kier molecular flexibility index (Phi) is 4.10. The van der Waals surface area contributed by atoms with E-state index in [0.29, 0.717) is 5.56 Å². The molecule has 1 aromatic carbocycles. The van der Waals surface area contributed by atoms with Crippen LogP contribution < -0.4 is 0 Å². The van der Waals surface area contributed by atoms with E-state index in [1.54, 1.807) is 6.92 Å². The topological polar surface area (TPSA) is 0 Å². The predicted octanol–water partition coefficient (Wildman–Crippen LogP) is 4.93. The fraction of sp³-hybridized carbons (Fsp3) is 0.529. The Morgan fingerprint density at radius 1 is 0.895 bits per heavy atom. The zero-order chi connectivity index (χ0) is 15.0. The van der Waals surface area contributed by atoms with E-state index in [1.807, 2.05) is 41.5 Å². The lowest BCUT2D eigenvalue weighted by Gasteiger charge is -2.27. The Bertz CT molecular complexity index is 544. The highest BCUT2D eigenvalue weighted by Gasteiger charge is 2.30. The van der Waals surface area contributed by atoms with Crippen LogP contribution in [-0.2, 0) is 10.8 Å². The average molecular weight is 264 g/mol. The second kappa shape index (κ2) is 4.96. The van der Waals surface area contributed by atoms with Crippen LogP contribution in [0.1, 0.15) is 65.2 Å². The molecule has 0 unspecified atom stereocenters. The minimum Gasteiger partial charge on any atom is -0.206 e. The van der Waals surface area contributed by atoms with Crippen molar-refractivity contribution in [1.82, 2.24) is 0 Å². The molecule has 0 amide bonds. The summed E-state index contributed by atoms with van der Waals surface area (Å²) in [5.74, 6) is 4.45. The van der Waals surface area contributed by atoms with Gasteiger partial charge in [0.25, 0.3) is 0 Å². The summed E-state index contributed by atoms with van der Waals surface area (Å²) in [5.41, 5.74) is -0.0744. The third-order valence-electron chi connectivity index (χ3n) is 3.02.